The van der Waals surface area contributed by atoms with Crippen LogP contribution < -0.4 is 10.2 Å². The first-order chi connectivity index (χ1) is 9.91. The van der Waals surface area contributed by atoms with E-state index in [1.54, 1.807) is 7.05 Å². The van der Waals surface area contributed by atoms with E-state index in [4.69, 9.17) is 0 Å². The number of halogens is 3. The van der Waals surface area contributed by atoms with Crippen LogP contribution in [0.2, 0.25) is 0 Å². The lowest BCUT2D eigenvalue weighted by atomic mass is 10.3. The molecule has 1 saturated heterocycles. The van der Waals surface area contributed by atoms with E-state index in [1.165, 1.54) is 16.7 Å². The molecule has 1 aromatic heterocycles. The van der Waals surface area contributed by atoms with Gasteiger partial charge in [0.25, 0.3) is 0 Å². The molecule has 0 aromatic carbocycles. The Hall–Kier alpha value is -1.22. The number of aromatic nitrogens is 2. The first-order valence-electron chi connectivity index (χ1n) is 6.56. The molecule has 1 aliphatic heterocycles. The summed E-state index contributed by atoms with van der Waals surface area (Å²) in [7, 11) is 1.78. The molecule has 2 rings (SSSR count). The van der Waals surface area contributed by atoms with Gasteiger partial charge in [-0.25, -0.2) is 9.97 Å². The molecule has 0 radical (unpaired) electrons. The highest BCUT2D eigenvalue weighted by Gasteiger charge is 2.32. The Kier molecular flexibility index (Phi) is 5.15. The van der Waals surface area contributed by atoms with Crippen LogP contribution in [0.4, 0.5) is 24.8 Å². The average Bonchev–Trinajstić information content (AvgIpc) is 2.45. The molecular weight excluding hydrogens is 303 g/mol. The highest BCUT2D eigenvalue weighted by molar-refractivity contribution is 7.98. The SMILES string of the molecule is CNc1cc(N2CCN(CC(F)(F)F)CC2)nc(SC)n1. The quantitative estimate of drug-likeness (QED) is 0.675. The first-order valence-corrected chi connectivity index (χ1v) is 7.78. The normalized spacial score (nSPS) is 17.1. The van der Waals surface area contributed by atoms with E-state index in [0.717, 1.165) is 5.82 Å². The lowest BCUT2D eigenvalue weighted by Gasteiger charge is -2.35. The average molecular weight is 321 g/mol. The van der Waals surface area contributed by atoms with Crippen LogP contribution >= 0.6 is 11.8 Å². The van der Waals surface area contributed by atoms with Crippen molar-refractivity contribution >= 4 is 23.4 Å². The minimum atomic E-state index is -4.14. The van der Waals surface area contributed by atoms with E-state index in [2.05, 4.69) is 15.3 Å². The number of thioether (sulfide) groups is 1. The molecule has 0 unspecified atom stereocenters. The monoisotopic (exact) mass is 321 g/mol. The second-order valence-corrected chi connectivity index (χ2v) is 5.50. The van der Waals surface area contributed by atoms with Crippen LogP contribution in [-0.4, -0.2) is 67.1 Å². The van der Waals surface area contributed by atoms with Gasteiger partial charge in [0.1, 0.15) is 11.6 Å². The number of alkyl halides is 3. The smallest absolute Gasteiger partial charge is 0.373 e. The van der Waals surface area contributed by atoms with Gasteiger partial charge in [0.15, 0.2) is 5.16 Å². The molecule has 0 spiro atoms. The third-order valence-electron chi connectivity index (χ3n) is 3.23. The van der Waals surface area contributed by atoms with Gasteiger partial charge in [0.2, 0.25) is 0 Å². The fraction of sp³-hybridized carbons (Fsp3) is 0.667. The van der Waals surface area contributed by atoms with E-state index in [1.807, 2.05) is 17.2 Å². The van der Waals surface area contributed by atoms with Crippen LogP contribution in [-0.2, 0) is 0 Å². The van der Waals surface area contributed by atoms with E-state index in [0.29, 0.717) is 37.2 Å². The van der Waals surface area contributed by atoms with Crippen molar-refractivity contribution in [2.75, 3.05) is 56.2 Å². The van der Waals surface area contributed by atoms with Crippen molar-refractivity contribution < 1.29 is 13.2 Å². The zero-order chi connectivity index (χ0) is 15.5. The van der Waals surface area contributed by atoms with Gasteiger partial charge in [0, 0.05) is 39.3 Å². The zero-order valence-corrected chi connectivity index (χ0v) is 12.8. The Labute approximate surface area is 125 Å². The largest absolute Gasteiger partial charge is 0.401 e. The summed E-state index contributed by atoms with van der Waals surface area (Å²) in [5.41, 5.74) is 0. The summed E-state index contributed by atoms with van der Waals surface area (Å²) >= 11 is 1.44. The second kappa shape index (κ2) is 6.69. The number of rotatable bonds is 4. The van der Waals surface area contributed by atoms with Gasteiger partial charge in [-0.3, -0.25) is 4.90 Å². The summed E-state index contributed by atoms with van der Waals surface area (Å²) in [5.74, 6) is 1.47. The molecule has 21 heavy (non-hydrogen) atoms. The molecule has 1 N–H and O–H groups in total. The van der Waals surface area contributed by atoms with Gasteiger partial charge in [-0.2, -0.15) is 13.2 Å². The summed E-state index contributed by atoms with van der Waals surface area (Å²) in [4.78, 5) is 12.1. The molecule has 0 bridgehead atoms. The Morgan fingerprint density at radius 3 is 2.43 bits per heavy atom. The Morgan fingerprint density at radius 2 is 1.90 bits per heavy atom. The number of hydrogen-bond acceptors (Lipinski definition) is 6. The topological polar surface area (TPSA) is 44.3 Å². The molecule has 1 aliphatic rings. The molecule has 118 valence electrons. The van der Waals surface area contributed by atoms with Crippen LogP contribution in [0.3, 0.4) is 0 Å². The van der Waals surface area contributed by atoms with Crippen LogP contribution in [0.1, 0.15) is 0 Å². The minimum Gasteiger partial charge on any atom is -0.373 e. The molecule has 0 aliphatic carbocycles. The van der Waals surface area contributed by atoms with E-state index >= 15 is 0 Å². The molecule has 0 atom stereocenters. The fourth-order valence-corrected chi connectivity index (χ4v) is 2.56. The molecule has 1 fully saturated rings. The molecule has 0 saturated carbocycles. The van der Waals surface area contributed by atoms with E-state index in [-0.39, 0.29) is 0 Å². The molecule has 5 nitrogen and oxygen atoms in total. The number of hydrogen-bond donors (Lipinski definition) is 1. The van der Waals surface area contributed by atoms with Crippen molar-refractivity contribution in [2.45, 2.75) is 11.3 Å². The second-order valence-electron chi connectivity index (χ2n) is 4.73. The number of piperazine rings is 1. The maximum Gasteiger partial charge on any atom is 0.401 e. The minimum absolute atomic E-state index is 0.382. The van der Waals surface area contributed by atoms with Crippen LogP contribution in [0.25, 0.3) is 0 Å². The van der Waals surface area contributed by atoms with Gasteiger partial charge < -0.3 is 10.2 Å². The zero-order valence-electron chi connectivity index (χ0n) is 11.9. The van der Waals surface area contributed by atoms with Gasteiger partial charge in [-0.15, -0.1) is 0 Å². The maximum atomic E-state index is 12.4. The van der Waals surface area contributed by atoms with Crippen molar-refractivity contribution in [2.24, 2.45) is 0 Å². The highest BCUT2D eigenvalue weighted by Crippen LogP contribution is 2.22. The Balaban J connectivity index is 2.02. The van der Waals surface area contributed by atoms with Gasteiger partial charge in [0.05, 0.1) is 6.54 Å². The number of nitrogens with zero attached hydrogens (tertiary/aromatic N) is 4. The standard InChI is InChI=1S/C12H18F3N5S/c1-16-9-7-10(18-11(17-9)21-2)20-5-3-19(4-6-20)8-12(13,14)15/h7H,3-6,8H2,1-2H3,(H,16,17,18). The molecular formula is C12H18F3N5S. The van der Waals surface area contributed by atoms with E-state index < -0.39 is 12.7 Å². The molecule has 2 heterocycles. The number of nitrogens with one attached hydrogen (secondary N) is 1. The summed E-state index contributed by atoms with van der Waals surface area (Å²) in [6.07, 6.45) is -2.25. The third kappa shape index (κ3) is 4.63. The lowest BCUT2D eigenvalue weighted by molar-refractivity contribution is -0.146. The molecule has 1 aromatic rings. The summed E-state index contributed by atoms with van der Waals surface area (Å²) in [5, 5.41) is 3.62. The first kappa shape index (κ1) is 16.2. The summed E-state index contributed by atoms with van der Waals surface area (Å²) < 4.78 is 37.1. The number of anilines is 2. The third-order valence-corrected chi connectivity index (χ3v) is 3.78. The summed E-state index contributed by atoms with van der Waals surface area (Å²) in [6.45, 7) is 0.983. The summed E-state index contributed by atoms with van der Waals surface area (Å²) in [6, 6.07) is 1.82. The van der Waals surface area contributed by atoms with Crippen molar-refractivity contribution in [1.29, 1.82) is 0 Å². The van der Waals surface area contributed by atoms with Gasteiger partial charge >= 0.3 is 6.18 Å². The van der Waals surface area contributed by atoms with Gasteiger partial charge in [-0.05, 0) is 6.26 Å². The van der Waals surface area contributed by atoms with Gasteiger partial charge in [-0.1, -0.05) is 11.8 Å². The fourth-order valence-electron chi connectivity index (χ4n) is 2.18. The van der Waals surface area contributed by atoms with Crippen molar-refractivity contribution in [3.05, 3.63) is 6.07 Å². The van der Waals surface area contributed by atoms with Crippen molar-refractivity contribution in [3.8, 4) is 0 Å². The highest BCUT2D eigenvalue weighted by atomic mass is 32.2. The predicted molar refractivity (Wildman–Crippen MR) is 78.1 cm³/mol. The predicted octanol–water partition coefficient (Wildman–Crippen LogP) is 1.92. The molecule has 0 amide bonds. The van der Waals surface area contributed by atoms with Crippen molar-refractivity contribution in [1.82, 2.24) is 14.9 Å². The lowest BCUT2D eigenvalue weighted by Crippen LogP contribution is -2.49. The van der Waals surface area contributed by atoms with Crippen LogP contribution in [0.15, 0.2) is 11.2 Å². The Bertz CT molecular complexity index is 452. The molecule has 9 heteroatoms. The Morgan fingerprint density at radius 1 is 1.24 bits per heavy atom. The maximum absolute atomic E-state index is 12.4. The van der Waals surface area contributed by atoms with Crippen molar-refractivity contribution in [3.63, 3.8) is 0 Å². The van der Waals surface area contributed by atoms with E-state index in [9.17, 15) is 13.2 Å². The van der Waals surface area contributed by atoms with Crippen LogP contribution in [0, 0.1) is 0 Å². The van der Waals surface area contributed by atoms with Crippen LogP contribution in [0.5, 0.6) is 0 Å².